The first-order valence-corrected chi connectivity index (χ1v) is 3.90. The summed E-state index contributed by atoms with van der Waals surface area (Å²) in [6.45, 7) is 4.96. The molecule has 0 saturated carbocycles. The molecule has 1 atom stereocenters. The molecule has 0 bridgehead atoms. The normalized spacial score (nSPS) is 14.9. The summed E-state index contributed by atoms with van der Waals surface area (Å²) in [6, 6.07) is 0. The second-order valence-corrected chi connectivity index (χ2v) is 3.17. The molecule has 0 radical (unpaired) electrons. The first kappa shape index (κ1) is 10.9. The summed E-state index contributed by atoms with van der Waals surface area (Å²) in [4.78, 5) is 21.1. The second kappa shape index (κ2) is 4.09. The van der Waals surface area contributed by atoms with Gasteiger partial charge >= 0.3 is 5.97 Å². The minimum absolute atomic E-state index is 0.0386. The minimum atomic E-state index is -0.895. The number of aliphatic carboxylic acids is 1. The largest absolute Gasteiger partial charge is 0.481 e. The lowest BCUT2D eigenvalue weighted by atomic mass is 9.94. The Morgan fingerprint density at radius 1 is 1.50 bits per heavy atom. The molecule has 12 heavy (non-hydrogen) atoms. The zero-order chi connectivity index (χ0) is 9.78. The molecule has 0 aromatic heterocycles. The fourth-order valence-corrected chi connectivity index (χ4v) is 1.02. The van der Waals surface area contributed by atoms with Crippen LogP contribution in [-0.2, 0) is 9.59 Å². The molecule has 0 saturated heterocycles. The number of carbonyl (C=O) groups is 2. The molecule has 4 nitrogen and oxygen atoms in total. The van der Waals surface area contributed by atoms with Gasteiger partial charge < -0.3 is 10.4 Å². The molecule has 0 aliphatic rings. The van der Waals surface area contributed by atoms with E-state index < -0.39 is 11.5 Å². The van der Waals surface area contributed by atoms with Gasteiger partial charge in [0.05, 0.1) is 6.42 Å². The smallest absolute Gasteiger partial charge is 0.305 e. The number of nitrogens with one attached hydrogen (secondary N) is 1. The van der Waals surface area contributed by atoms with Crippen molar-refractivity contribution in [3.63, 3.8) is 0 Å². The maximum Gasteiger partial charge on any atom is 0.305 e. The van der Waals surface area contributed by atoms with Crippen molar-refractivity contribution in [3.05, 3.63) is 0 Å². The van der Waals surface area contributed by atoms with E-state index in [0.717, 1.165) is 0 Å². The van der Waals surface area contributed by atoms with E-state index in [4.69, 9.17) is 5.11 Å². The summed E-state index contributed by atoms with van der Waals surface area (Å²) >= 11 is 0. The highest BCUT2D eigenvalue weighted by atomic mass is 16.4. The molecular formula is C8H15NO3. The van der Waals surface area contributed by atoms with Gasteiger partial charge in [-0.2, -0.15) is 0 Å². The van der Waals surface area contributed by atoms with Crippen molar-refractivity contribution in [1.82, 2.24) is 5.32 Å². The lowest BCUT2D eigenvalue weighted by Crippen LogP contribution is -2.46. The van der Waals surface area contributed by atoms with Gasteiger partial charge in [0.2, 0.25) is 5.91 Å². The van der Waals surface area contributed by atoms with Crippen LogP contribution in [0.15, 0.2) is 0 Å². The van der Waals surface area contributed by atoms with Crippen LogP contribution in [0.3, 0.4) is 0 Å². The third-order valence-corrected chi connectivity index (χ3v) is 1.80. The van der Waals surface area contributed by atoms with Crippen LogP contribution in [0, 0.1) is 0 Å². The fourth-order valence-electron chi connectivity index (χ4n) is 1.02. The molecule has 0 spiro atoms. The van der Waals surface area contributed by atoms with Crippen molar-refractivity contribution in [3.8, 4) is 0 Å². The first-order chi connectivity index (χ1) is 5.39. The first-order valence-electron chi connectivity index (χ1n) is 3.90. The Balaban J connectivity index is 4.23. The quantitative estimate of drug-likeness (QED) is 0.659. The SMILES string of the molecule is CCC(C)(CC(=O)O)NC(C)=O. The highest BCUT2D eigenvalue weighted by molar-refractivity contribution is 5.75. The highest BCUT2D eigenvalue weighted by Crippen LogP contribution is 2.13. The molecule has 70 valence electrons. The van der Waals surface area contributed by atoms with E-state index in [1.807, 2.05) is 6.92 Å². The van der Waals surface area contributed by atoms with Gasteiger partial charge in [-0.15, -0.1) is 0 Å². The molecule has 0 aromatic carbocycles. The number of carbonyl (C=O) groups excluding carboxylic acids is 1. The van der Waals surface area contributed by atoms with Crippen molar-refractivity contribution in [2.24, 2.45) is 0 Å². The summed E-state index contributed by atoms with van der Waals surface area (Å²) in [5, 5.41) is 11.2. The predicted molar refractivity (Wildman–Crippen MR) is 44.8 cm³/mol. The van der Waals surface area contributed by atoms with Gasteiger partial charge in [-0.1, -0.05) is 6.92 Å². The molecule has 0 aliphatic heterocycles. The van der Waals surface area contributed by atoms with Crippen LogP contribution >= 0.6 is 0 Å². The van der Waals surface area contributed by atoms with Crippen LogP contribution in [0.4, 0.5) is 0 Å². The van der Waals surface area contributed by atoms with Crippen LogP contribution in [0.2, 0.25) is 0 Å². The van der Waals surface area contributed by atoms with E-state index in [9.17, 15) is 9.59 Å². The summed E-state index contributed by atoms with van der Waals surface area (Å²) < 4.78 is 0. The average molecular weight is 173 g/mol. The molecule has 0 aromatic rings. The number of hydrogen-bond acceptors (Lipinski definition) is 2. The predicted octanol–water partition coefficient (Wildman–Crippen LogP) is 0.766. The molecule has 0 rings (SSSR count). The van der Waals surface area contributed by atoms with Crippen molar-refractivity contribution >= 4 is 11.9 Å². The van der Waals surface area contributed by atoms with Gasteiger partial charge in [0, 0.05) is 12.5 Å². The molecule has 1 amide bonds. The Kier molecular flexibility index (Phi) is 3.73. The van der Waals surface area contributed by atoms with E-state index >= 15 is 0 Å². The van der Waals surface area contributed by atoms with Gasteiger partial charge in [-0.25, -0.2) is 0 Å². The lowest BCUT2D eigenvalue weighted by Gasteiger charge is -2.26. The Bertz CT molecular complexity index is 173. The number of hydrogen-bond donors (Lipinski definition) is 2. The third kappa shape index (κ3) is 3.95. The Hall–Kier alpha value is -1.06. The Labute approximate surface area is 72.0 Å². The van der Waals surface area contributed by atoms with Gasteiger partial charge in [0.25, 0.3) is 0 Å². The Morgan fingerprint density at radius 2 is 2.00 bits per heavy atom. The second-order valence-electron chi connectivity index (χ2n) is 3.17. The number of carboxylic acids is 1. The number of amides is 1. The monoisotopic (exact) mass is 173 g/mol. The summed E-state index contributed by atoms with van der Waals surface area (Å²) in [5.74, 6) is -1.09. The Morgan fingerprint density at radius 3 is 2.25 bits per heavy atom. The van der Waals surface area contributed by atoms with Crippen molar-refractivity contribution in [2.45, 2.75) is 39.2 Å². The summed E-state index contributed by atoms with van der Waals surface area (Å²) in [7, 11) is 0. The molecular weight excluding hydrogens is 158 g/mol. The average Bonchev–Trinajstić information content (AvgIpc) is 1.83. The number of rotatable bonds is 4. The van der Waals surface area contributed by atoms with E-state index in [1.54, 1.807) is 6.92 Å². The van der Waals surface area contributed by atoms with Gasteiger partial charge in [0.1, 0.15) is 0 Å². The molecule has 0 fully saturated rings. The minimum Gasteiger partial charge on any atom is -0.481 e. The van der Waals surface area contributed by atoms with Crippen molar-refractivity contribution in [1.29, 1.82) is 0 Å². The van der Waals surface area contributed by atoms with Gasteiger partial charge in [-0.3, -0.25) is 9.59 Å². The van der Waals surface area contributed by atoms with E-state index in [1.165, 1.54) is 6.92 Å². The fraction of sp³-hybridized carbons (Fsp3) is 0.750. The lowest BCUT2D eigenvalue weighted by molar-refractivity contribution is -0.138. The van der Waals surface area contributed by atoms with Crippen LogP contribution in [-0.4, -0.2) is 22.5 Å². The highest BCUT2D eigenvalue weighted by Gasteiger charge is 2.25. The molecule has 4 heteroatoms. The molecule has 0 aliphatic carbocycles. The van der Waals surface area contributed by atoms with Gasteiger partial charge in [-0.05, 0) is 13.3 Å². The zero-order valence-corrected chi connectivity index (χ0v) is 7.68. The van der Waals surface area contributed by atoms with Crippen LogP contribution in [0.25, 0.3) is 0 Å². The maximum atomic E-state index is 10.7. The van der Waals surface area contributed by atoms with Crippen LogP contribution < -0.4 is 5.32 Å². The van der Waals surface area contributed by atoms with E-state index in [2.05, 4.69) is 5.32 Å². The zero-order valence-electron chi connectivity index (χ0n) is 7.68. The standard InChI is InChI=1S/C8H15NO3/c1-4-8(3,5-7(11)12)9-6(2)10/h4-5H2,1-3H3,(H,9,10)(H,11,12). The van der Waals surface area contributed by atoms with E-state index in [-0.39, 0.29) is 12.3 Å². The van der Waals surface area contributed by atoms with Crippen molar-refractivity contribution in [2.75, 3.05) is 0 Å². The third-order valence-electron chi connectivity index (χ3n) is 1.80. The van der Waals surface area contributed by atoms with Crippen molar-refractivity contribution < 1.29 is 14.7 Å². The van der Waals surface area contributed by atoms with Crippen LogP contribution in [0.1, 0.15) is 33.6 Å². The molecule has 2 N–H and O–H groups in total. The van der Waals surface area contributed by atoms with E-state index in [0.29, 0.717) is 6.42 Å². The maximum absolute atomic E-state index is 10.7. The number of carboxylic acid groups (broad SMARTS) is 1. The topological polar surface area (TPSA) is 66.4 Å². The van der Waals surface area contributed by atoms with Crippen LogP contribution in [0.5, 0.6) is 0 Å². The molecule has 1 unspecified atom stereocenters. The molecule has 0 heterocycles. The van der Waals surface area contributed by atoms with Gasteiger partial charge in [0.15, 0.2) is 0 Å². The summed E-state index contributed by atoms with van der Waals surface area (Å²) in [6.07, 6.45) is 0.571. The summed E-state index contributed by atoms with van der Waals surface area (Å²) in [5.41, 5.74) is -0.613.